The van der Waals surface area contributed by atoms with Crippen molar-refractivity contribution in [3.8, 4) is 5.75 Å². The molecular weight excluding hydrogens is 301 g/mol. The molecule has 1 atom stereocenters. The standard InChI is InChI=1S/C11H12BrF3O2/c1-2-5-17-9-4-3-7(6-8(9)12)10(16)11(13,14)15/h3-4,6,10,16H,2,5H2,1H3. The van der Waals surface area contributed by atoms with Gasteiger partial charge in [0.15, 0.2) is 6.10 Å². The van der Waals surface area contributed by atoms with E-state index >= 15 is 0 Å². The average Bonchev–Trinajstić information content (AvgIpc) is 2.25. The topological polar surface area (TPSA) is 29.5 Å². The van der Waals surface area contributed by atoms with Crippen LogP contribution in [0.3, 0.4) is 0 Å². The SMILES string of the molecule is CCCOc1ccc(C(O)C(F)(F)F)cc1Br. The number of halogens is 4. The number of aliphatic hydroxyl groups is 1. The molecule has 0 aliphatic carbocycles. The average molecular weight is 313 g/mol. The van der Waals surface area contributed by atoms with Crippen molar-refractivity contribution in [3.63, 3.8) is 0 Å². The van der Waals surface area contributed by atoms with E-state index in [1.54, 1.807) is 0 Å². The van der Waals surface area contributed by atoms with Crippen LogP contribution in [0.25, 0.3) is 0 Å². The Morgan fingerprint density at radius 3 is 2.53 bits per heavy atom. The van der Waals surface area contributed by atoms with Gasteiger partial charge in [0, 0.05) is 0 Å². The lowest BCUT2D eigenvalue weighted by atomic mass is 10.1. The normalized spacial score (nSPS) is 13.5. The van der Waals surface area contributed by atoms with Crippen LogP contribution in [-0.4, -0.2) is 17.9 Å². The van der Waals surface area contributed by atoms with Gasteiger partial charge in [-0.2, -0.15) is 13.2 Å². The van der Waals surface area contributed by atoms with E-state index in [0.29, 0.717) is 16.8 Å². The van der Waals surface area contributed by atoms with E-state index in [2.05, 4.69) is 15.9 Å². The molecule has 6 heteroatoms. The summed E-state index contributed by atoms with van der Waals surface area (Å²) in [5, 5.41) is 9.06. The molecule has 0 fully saturated rings. The zero-order chi connectivity index (χ0) is 13.1. The summed E-state index contributed by atoms with van der Waals surface area (Å²) in [6.45, 7) is 2.41. The van der Waals surface area contributed by atoms with Gasteiger partial charge in [-0.25, -0.2) is 0 Å². The fourth-order valence-electron chi connectivity index (χ4n) is 1.21. The van der Waals surface area contributed by atoms with Crippen LogP contribution in [0.2, 0.25) is 0 Å². The molecule has 1 N–H and O–H groups in total. The lowest BCUT2D eigenvalue weighted by molar-refractivity contribution is -0.206. The predicted molar refractivity (Wildman–Crippen MR) is 60.9 cm³/mol. The van der Waals surface area contributed by atoms with Crippen LogP contribution in [0.15, 0.2) is 22.7 Å². The molecule has 1 unspecified atom stereocenters. The lowest BCUT2D eigenvalue weighted by Crippen LogP contribution is -2.20. The van der Waals surface area contributed by atoms with Crippen LogP contribution in [0.1, 0.15) is 25.0 Å². The minimum Gasteiger partial charge on any atom is -0.492 e. The third-order valence-corrected chi connectivity index (χ3v) is 2.66. The molecule has 0 aromatic heterocycles. The smallest absolute Gasteiger partial charge is 0.418 e. The molecule has 2 nitrogen and oxygen atoms in total. The molecule has 0 amide bonds. The van der Waals surface area contributed by atoms with Gasteiger partial charge in [-0.15, -0.1) is 0 Å². The molecule has 96 valence electrons. The third-order valence-electron chi connectivity index (χ3n) is 2.04. The molecule has 0 heterocycles. The summed E-state index contributed by atoms with van der Waals surface area (Å²) in [7, 11) is 0. The first-order valence-corrected chi connectivity index (χ1v) is 5.82. The first kappa shape index (κ1) is 14.3. The third kappa shape index (κ3) is 3.89. The van der Waals surface area contributed by atoms with E-state index < -0.39 is 12.3 Å². The predicted octanol–water partition coefficient (Wildman–Crippen LogP) is 3.83. The van der Waals surface area contributed by atoms with Crippen molar-refractivity contribution in [1.29, 1.82) is 0 Å². The van der Waals surface area contributed by atoms with Crippen molar-refractivity contribution in [2.24, 2.45) is 0 Å². The van der Waals surface area contributed by atoms with E-state index in [-0.39, 0.29) is 5.56 Å². The monoisotopic (exact) mass is 312 g/mol. The van der Waals surface area contributed by atoms with Crippen LogP contribution < -0.4 is 4.74 Å². The zero-order valence-corrected chi connectivity index (χ0v) is 10.7. The Labute approximate surface area is 106 Å². The lowest BCUT2D eigenvalue weighted by Gasteiger charge is -2.16. The van der Waals surface area contributed by atoms with Gasteiger partial charge in [-0.05, 0) is 40.0 Å². The second-order valence-electron chi connectivity index (χ2n) is 3.48. The van der Waals surface area contributed by atoms with Gasteiger partial charge < -0.3 is 9.84 Å². The number of hydrogen-bond donors (Lipinski definition) is 1. The summed E-state index contributed by atoms with van der Waals surface area (Å²) in [6.07, 6.45) is -6.33. The van der Waals surface area contributed by atoms with Crippen molar-refractivity contribution >= 4 is 15.9 Å². The molecule has 0 saturated carbocycles. The number of ether oxygens (including phenoxy) is 1. The molecule has 0 aliphatic heterocycles. The van der Waals surface area contributed by atoms with Crippen LogP contribution in [0.5, 0.6) is 5.75 Å². The highest BCUT2D eigenvalue weighted by molar-refractivity contribution is 9.10. The summed E-state index contributed by atoms with van der Waals surface area (Å²) in [5.74, 6) is 0.463. The Morgan fingerprint density at radius 2 is 2.06 bits per heavy atom. The van der Waals surface area contributed by atoms with Gasteiger partial charge in [0.25, 0.3) is 0 Å². The summed E-state index contributed by atoms with van der Waals surface area (Å²) < 4.78 is 42.5. The number of rotatable bonds is 4. The second kappa shape index (κ2) is 5.73. The van der Waals surface area contributed by atoms with Crippen molar-refractivity contribution in [2.45, 2.75) is 25.6 Å². The number of benzene rings is 1. The maximum absolute atomic E-state index is 12.3. The highest BCUT2D eigenvalue weighted by Gasteiger charge is 2.39. The van der Waals surface area contributed by atoms with Crippen molar-refractivity contribution in [1.82, 2.24) is 0 Å². The largest absolute Gasteiger partial charge is 0.492 e. The Morgan fingerprint density at radius 1 is 1.41 bits per heavy atom. The minimum absolute atomic E-state index is 0.215. The highest BCUT2D eigenvalue weighted by Crippen LogP contribution is 2.35. The number of alkyl halides is 3. The van der Waals surface area contributed by atoms with Crippen molar-refractivity contribution in [2.75, 3.05) is 6.61 Å². The number of hydrogen-bond acceptors (Lipinski definition) is 2. The zero-order valence-electron chi connectivity index (χ0n) is 9.09. The molecule has 0 spiro atoms. The fourth-order valence-corrected chi connectivity index (χ4v) is 1.72. The van der Waals surface area contributed by atoms with E-state index in [1.807, 2.05) is 6.92 Å². The molecule has 1 rings (SSSR count). The van der Waals surface area contributed by atoms with E-state index in [9.17, 15) is 13.2 Å². The summed E-state index contributed by atoms with van der Waals surface area (Å²) in [4.78, 5) is 0. The molecule has 1 aromatic rings. The van der Waals surface area contributed by atoms with Crippen LogP contribution in [-0.2, 0) is 0 Å². The number of aliphatic hydroxyl groups excluding tert-OH is 1. The Hall–Kier alpha value is -0.750. The first-order chi connectivity index (χ1) is 7.86. The molecule has 1 aromatic carbocycles. The molecule has 0 aliphatic rings. The van der Waals surface area contributed by atoms with Gasteiger partial charge >= 0.3 is 6.18 Å². The summed E-state index contributed by atoms with van der Waals surface area (Å²) in [5.41, 5.74) is -0.215. The molecular formula is C11H12BrF3O2. The van der Waals surface area contributed by atoms with Crippen molar-refractivity contribution in [3.05, 3.63) is 28.2 Å². The van der Waals surface area contributed by atoms with Crippen LogP contribution in [0, 0.1) is 0 Å². The van der Waals surface area contributed by atoms with Gasteiger partial charge in [0.2, 0.25) is 0 Å². The molecule has 17 heavy (non-hydrogen) atoms. The Kier molecular flexibility index (Phi) is 4.82. The van der Waals surface area contributed by atoms with E-state index in [0.717, 1.165) is 6.42 Å². The first-order valence-electron chi connectivity index (χ1n) is 5.03. The Bertz CT molecular complexity index is 379. The maximum Gasteiger partial charge on any atom is 0.418 e. The second-order valence-corrected chi connectivity index (χ2v) is 4.34. The molecule has 0 radical (unpaired) electrons. The quantitative estimate of drug-likeness (QED) is 0.915. The highest BCUT2D eigenvalue weighted by atomic mass is 79.9. The summed E-state index contributed by atoms with van der Waals surface area (Å²) >= 11 is 3.11. The maximum atomic E-state index is 12.3. The summed E-state index contributed by atoms with van der Waals surface area (Å²) in [6, 6.07) is 3.82. The van der Waals surface area contributed by atoms with Crippen molar-refractivity contribution < 1.29 is 23.0 Å². The fraction of sp³-hybridized carbons (Fsp3) is 0.455. The molecule has 0 bridgehead atoms. The van der Waals surface area contributed by atoms with Gasteiger partial charge in [0.1, 0.15) is 5.75 Å². The minimum atomic E-state index is -4.66. The van der Waals surface area contributed by atoms with Crippen LogP contribution in [0.4, 0.5) is 13.2 Å². The van der Waals surface area contributed by atoms with Gasteiger partial charge in [-0.1, -0.05) is 13.0 Å². The van der Waals surface area contributed by atoms with E-state index in [1.165, 1.54) is 18.2 Å². The van der Waals surface area contributed by atoms with Gasteiger partial charge in [-0.3, -0.25) is 0 Å². The Balaban J connectivity index is 2.89. The molecule has 0 saturated heterocycles. The van der Waals surface area contributed by atoms with Gasteiger partial charge in [0.05, 0.1) is 11.1 Å². The van der Waals surface area contributed by atoms with Crippen LogP contribution >= 0.6 is 15.9 Å². The van der Waals surface area contributed by atoms with E-state index in [4.69, 9.17) is 9.84 Å².